The Bertz CT molecular complexity index is 746. The number of aromatic nitrogens is 2. The summed E-state index contributed by atoms with van der Waals surface area (Å²) in [5.74, 6) is 0.262. The normalized spacial score (nSPS) is 12.0. The van der Waals surface area contributed by atoms with E-state index in [1.165, 1.54) is 30.0 Å². The van der Waals surface area contributed by atoms with Crippen molar-refractivity contribution in [2.24, 2.45) is 5.92 Å². The minimum Gasteiger partial charge on any atom is -0.360 e. The number of para-hydroxylation sites is 1. The van der Waals surface area contributed by atoms with E-state index in [4.69, 9.17) is 0 Å². The lowest BCUT2D eigenvalue weighted by atomic mass is 10.1. The van der Waals surface area contributed by atoms with E-state index < -0.39 is 0 Å². The van der Waals surface area contributed by atoms with Gasteiger partial charge in [0.15, 0.2) is 10.1 Å². The van der Waals surface area contributed by atoms with Crippen LogP contribution >= 0.6 is 23.1 Å². The van der Waals surface area contributed by atoms with E-state index in [0.717, 1.165) is 16.0 Å². The number of nitrogens with one attached hydrogen (secondary N) is 2. The zero-order chi connectivity index (χ0) is 18.4. The molecule has 134 valence electrons. The van der Waals surface area contributed by atoms with Gasteiger partial charge in [-0.15, -0.1) is 10.2 Å². The number of carbonyl (C=O) groups is 2. The van der Waals surface area contributed by atoms with Crippen LogP contribution in [0.25, 0.3) is 0 Å². The minimum atomic E-state index is -0.356. The highest BCUT2D eigenvalue weighted by Gasteiger charge is 2.19. The number of thioether (sulfide) groups is 1. The summed E-state index contributed by atoms with van der Waals surface area (Å²) in [5, 5.41) is 14.6. The molecule has 0 aliphatic rings. The van der Waals surface area contributed by atoms with Gasteiger partial charge in [0.05, 0.1) is 10.9 Å². The molecule has 0 aliphatic heterocycles. The van der Waals surface area contributed by atoms with Crippen LogP contribution in [0, 0.1) is 5.92 Å². The Morgan fingerprint density at radius 1 is 1.20 bits per heavy atom. The van der Waals surface area contributed by atoms with Crippen molar-refractivity contribution in [2.75, 3.05) is 17.2 Å². The molecule has 1 heterocycles. The summed E-state index contributed by atoms with van der Waals surface area (Å²) in [4.78, 5) is 24.1. The van der Waals surface area contributed by atoms with Crippen molar-refractivity contribution in [3.63, 3.8) is 0 Å². The van der Waals surface area contributed by atoms with Crippen LogP contribution in [0.4, 0.5) is 10.8 Å². The first-order valence-electron chi connectivity index (χ1n) is 8.01. The Morgan fingerprint density at radius 3 is 2.60 bits per heavy atom. The maximum Gasteiger partial charge on any atom is 0.237 e. The number of nitrogens with zero attached hydrogens (tertiary/aromatic N) is 2. The van der Waals surface area contributed by atoms with Gasteiger partial charge in [0, 0.05) is 12.1 Å². The predicted octanol–water partition coefficient (Wildman–Crippen LogP) is 3.93. The molecule has 0 unspecified atom stereocenters. The Hall–Kier alpha value is -1.93. The number of rotatable bonds is 8. The summed E-state index contributed by atoms with van der Waals surface area (Å²) >= 11 is 2.78. The van der Waals surface area contributed by atoms with E-state index in [1.807, 2.05) is 0 Å². The van der Waals surface area contributed by atoms with E-state index >= 15 is 0 Å². The molecular weight excluding hydrogens is 356 g/mol. The van der Waals surface area contributed by atoms with Crippen molar-refractivity contribution >= 4 is 45.6 Å². The zero-order valence-electron chi connectivity index (χ0n) is 14.7. The largest absolute Gasteiger partial charge is 0.360 e. The Morgan fingerprint density at radius 2 is 1.92 bits per heavy atom. The van der Waals surface area contributed by atoms with Gasteiger partial charge in [-0.3, -0.25) is 9.59 Å². The monoisotopic (exact) mass is 378 g/mol. The summed E-state index contributed by atoms with van der Waals surface area (Å²) in [7, 11) is 0. The molecule has 0 saturated heterocycles. The molecule has 0 aliphatic carbocycles. The third-order valence-corrected chi connectivity index (χ3v) is 5.34. The van der Waals surface area contributed by atoms with Gasteiger partial charge in [-0.2, -0.15) is 0 Å². The molecule has 1 atom stereocenters. The molecule has 0 radical (unpaired) electrons. The van der Waals surface area contributed by atoms with Crippen molar-refractivity contribution in [3.05, 3.63) is 29.8 Å². The van der Waals surface area contributed by atoms with Crippen molar-refractivity contribution in [2.45, 2.75) is 37.3 Å². The van der Waals surface area contributed by atoms with Crippen LogP contribution in [0.15, 0.2) is 28.6 Å². The third-order valence-electron chi connectivity index (χ3n) is 3.28. The van der Waals surface area contributed by atoms with Gasteiger partial charge in [-0.25, -0.2) is 0 Å². The van der Waals surface area contributed by atoms with E-state index in [0.29, 0.717) is 17.2 Å². The van der Waals surface area contributed by atoms with Crippen LogP contribution < -0.4 is 10.6 Å². The second-order valence-corrected chi connectivity index (χ2v) is 8.56. The zero-order valence-corrected chi connectivity index (χ0v) is 16.3. The standard InChI is InChI=1S/C17H22N4O2S2/c1-10(2)9-18-16-20-21-17(25-16)24-12(4)15(23)19-14-8-6-5-7-13(14)11(3)22/h5-8,10,12H,9H2,1-4H3,(H,18,20)(H,19,23)/t12-/m0/s1. The average Bonchev–Trinajstić information content (AvgIpc) is 3.00. The second kappa shape index (κ2) is 8.96. The number of anilines is 2. The fraction of sp³-hybridized carbons (Fsp3) is 0.412. The van der Waals surface area contributed by atoms with E-state index in [1.54, 1.807) is 31.2 Å². The molecule has 0 bridgehead atoms. The maximum absolute atomic E-state index is 12.4. The first-order chi connectivity index (χ1) is 11.9. The molecule has 1 amide bonds. The van der Waals surface area contributed by atoms with E-state index in [-0.39, 0.29) is 16.9 Å². The van der Waals surface area contributed by atoms with Crippen LogP contribution in [0.1, 0.15) is 38.1 Å². The Kier molecular flexibility index (Phi) is 6.95. The minimum absolute atomic E-state index is 0.0822. The van der Waals surface area contributed by atoms with Crippen LogP contribution in [0.5, 0.6) is 0 Å². The quantitative estimate of drug-likeness (QED) is 0.535. The molecule has 1 aromatic carbocycles. The summed E-state index contributed by atoms with van der Waals surface area (Å²) in [5.41, 5.74) is 1.04. The molecule has 1 aromatic heterocycles. The van der Waals surface area contributed by atoms with Gasteiger partial charge in [0.1, 0.15) is 0 Å². The first-order valence-corrected chi connectivity index (χ1v) is 9.71. The molecule has 0 saturated carbocycles. The highest BCUT2D eigenvalue weighted by atomic mass is 32.2. The number of ketones is 1. The van der Waals surface area contributed by atoms with E-state index in [9.17, 15) is 9.59 Å². The summed E-state index contributed by atoms with van der Waals surface area (Å²) in [6, 6.07) is 6.99. The predicted molar refractivity (Wildman–Crippen MR) is 104 cm³/mol. The van der Waals surface area contributed by atoms with Gasteiger partial charge in [0.2, 0.25) is 11.0 Å². The molecule has 8 heteroatoms. The van der Waals surface area contributed by atoms with Crippen molar-refractivity contribution in [1.82, 2.24) is 10.2 Å². The molecular formula is C17H22N4O2S2. The SMILES string of the molecule is CC(=O)c1ccccc1NC(=O)[C@H](C)Sc1nnc(NCC(C)C)s1. The van der Waals surface area contributed by atoms with Crippen LogP contribution in [0.3, 0.4) is 0 Å². The van der Waals surface area contributed by atoms with Crippen molar-refractivity contribution < 1.29 is 9.59 Å². The third kappa shape index (κ3) is 5.82. The van der Waals surface area contributed by atoms with Gasteiger partial charge in [-0.1, -0.05) is 49.1 Å². The van der Waals surface area contributed by atoms with Crippen LogP contribution in [-0.4, -0.2) is 33.7 Å². The molecule has 2 aromatic rings. The summed E-state index contributed by atoms with van der Waals surface area (Å²) < 4.78 is 0.730. The van der Waals surface area contributed by atoms with Gasteiger partial charge < -0.3 is 10.6 Å². The van der Waals surface area contributed by atoms with Crippen molar-refractivity contribution in [3.8, 4) is 0 Å². The number of amides is 1. The highest BCUT2D eigenvalue weighted by molar-refractivity contribution is 8.02. The lowest BCUT2D eigenvalue weighted by Gasteiger charge is -2.12. The molecule has 0 fully saturated rings. The first kappa shape index (κ1) is 19.4. The second-order valence-electron chi connectivity index (χ2n) is 6.00. The molecule has 6 nitrogen and oxygen atoms in total. The maximum atomic E-state index is 12.4. The summed E-state index contributed by atoms with van der Waals surface area (Å²) in [6.07, 6.45) is 0. The van der Waals surface area contributed by atoms with E-state index in [2.05, 4.69) is 34.7 Å². The number of Topliss-reactive ketones (excluding diaryl/α,β-unsaturated/α-hetero) is 1. The smallest absolute Gasteiger partial charge is 0.237 e. The Labute approximate surface area is 155 Å². The number of carbonyl (C=O) groups excluding carboxylic acids is 2. The number of hydrogen-bond donors (Lipinski definition) is 2. The van der Waals surface area contributed by atoms with Gasteiger partial charge in [0.25, 0.3) is 0 Å². The molecule has 0 spiro atoms. The lowest BCUT2D eigenvalue weighted by molar-refractivity contribution is -0.115. The lowest BCUT2D eigenvalue weighted by Crippen LogP contribution is -2.23. The van der Waals surface area contributed by atoms with Gasteiger partial charge >= 0.3 is 0 Å². The fourth-order valence-corrected chi connectivity index (χ4v) is 3.86. The highest BCUT2D eigenvalue weighted by Crippen LogP contribution is 2.29. The number of hydrogen-bond acceptors (Lipinski definition) is 7. The topological polar surface area (TPSA) is 84.0 Å². The molecule has 25 heavy (non-hydrogen) atoms. The van der Waals surface area contributed by atoms with Crippen LogP contribution in [0.2, 0.25) is 0 Å². The van der Waals surface area contributed by atoms with Gasteiger partial charge in [-0.05, 0) is 31.9 Å². The van der Waals surface area contributed by atoms with Crippen molar-refractivity contribution in [1.29, 1.82) is 0 Å². The molecule has 2 N–H and O–H groups in total. The Balaban J connectivity index is 1.96. The summed E-state index contributed by atoms with van der Waals surface area (Å²) in [6.45, 7) is 8.36. The molecule has 2 rings (SSSR count). The van der Waals surface area contributed by atoms with Crippen LogP contribution in [-0.2, 0) is 4.79 Å². The average molecular weight is 379 g/mol. The number of benzene rings is 1. The fourth-order valence-electron chi connectivity index (χ4n) is 1.96.